The number of anilines is 1. The largest absolute Gasteiger partial charge is 0.507 e. The van der Waals surface area contributed by atoms with Crippen LogP contribution >= 0.6 is 27.7 Å². The van der Waals surface area contributed by atoms with Gasteiger partial charge in [-0.2, -0.15) is 5.26 Å². The molecule has 0 atom stereocenters. The van der Waals surface area contributed by atoms with Crippen molar-refractivity contribution in [3.05, 3.63) is 82.8 Å². The van der Waals surface area contributed by atoms with E-state index in [1.165, 1.54) is 11.8 Å². The van der Waals surface area contributed by atoms with Crippen LogP contribution in [-0.2, 0) is 4.79 Å². The van der Waals surface area contributed by atoms with E-state index < -0.39 is 0 Å². The number of hydrogen-bond donors (Lipinski definition) is 2. The predicted molar refractivity (Wildman–Crippen MR) is 127 cm³/mol. The Morgan fingerprint density at radius 2 is 1.84 bits per heavy atom. The predicted octanol–water partition coefficient (Wildman–Crippen LogP) is 5.00. The molecule has 0 aliphatic rings. The zero-order valence-corrected chi connectivity index (χ0v) is 19.0. The van der Waals surface area contributed by atoms with Crippen molar-refractivity contribution in [1.82, 2.24) is 14.8 Å². The van der Waals surface area contributed by atoms with Gasteiger partial charge in [-0.3, -0.25) is 9.36 Å². The smallest absolute Gasteiger partial charge is 0.234 e. The zero-order valence-electron chi connectivity index (χ0n) is 16.6. The third-order valence-electron chi connectivity index (χ3n) is 4.48. The topological polar surface area (TPSA) is 104 Å². The number of amides is 1. The summed E-state index contributed by atoms with van der Waals surface area (Å²) in [4.78, 5) is 12.5. The first-order valence-electron chi connectivity index (χ1n) is 9.47. The van der Waals surface area contributed by atoms with Gasteiger partial charge in [-0.25, -0.2) is 0 Å². The number of carbonyl (C=O) groups excluding carboxylic acids is 1. The number of nitriles is 1. The number of hydrogen-bond acceptors (Lipinski definition) is 6. The Morgan fingerprint density at radius 3 is 2.56 bits per heavy atom. The Labute approximate surface area is 196 Å². The van der Waals surface area contributed by atoms with Gasteiger partial charge in [0.05, 0.1) is 22.9 Å². The average molecular weight is 506 g/mol. The van der Waals surface area contributed by atoms with Crippen molar-refractivity contribution in [2.45, 2.75) is 5.16 Å². The fraction of sp³-hybridized carbons (Fsp3) is 0.0435. The Bertz CT molecular complexity index is 1300. The normalized spacial score (nSPS) is 10.5. The van der Waals surface area contributed by atoms with Crippen molar-refractivity contribution in [3.63, 3.8) is 0 Å². The van der Waals surface area contributed by atoms with Crippen molar-refractivity contribution in [2.24, 2.45) is 0 Å². The second-order valence-electron chi connectivity index (χ2n) is 6.66. The van der Waals surface area contributed by atoms with E-state index in [1.54, 1.807) is 47.0 Å². The number of halogens is 1. The molecule has 0 aliphatic carbocycles. The van der Waals surface area contributed by atoms with Crippen LogP contribution in [0.2, 0.25) is 0 Å². The molecule has 32 heavy (non-hydrogen) atoms. The van der Waals surface area contributed by atoms with Crippen LogP contribution in [0.4, 0.5) is 5.69 Å². The quantitative estimate of drug-likeness (QED) is 0.357. The molecule has 4 aromatic rings. The summed E-state index contributed by atoms with van der Waals surface area (Å²) >= 11 is 4.66. The minimum absolute atomic E-state index is 0.0768. The Morgan fingerprint density at radius 1 is 1.09 bits per heavy atom. The first kappa shape index (κ1) is 21.6. The summed E-state index contributed by atoms with van der Waals surface area (Å²) in [6.07, 6.45) is 0. The van der Waals surface area contributed by atoms with Gasteiger partial charge in [-0.1, -0.05) is 45.9 Å². The minimum atomic E-state index is -0.214. The molecule has 0 spiro atoms. The minimum Gasteiger partial charge on any atom is -0.507 e. The molecule has 1 aromatic heterocycles. The molecule has 0 bridgehead atoms. The van der Waals surface area contributed by atoms with Gasteiger partial charge in [0.2, 0.25) is 5.91 Å². The Balaban J connectivity index is 1.60. The number of phenolic OH excluding ortho intramolecular Hbond substituents is 1. The third-order valence-corrected chi connectivity index (χ3v) is 5.90. The van der Waals surface area contributed by atoms with Crippen molar-refractivity contribution < 1.29 is 9.90 Å². The summed E-state index contributed by atoms with van der Waals surface area (Å²) in [6, 6.07) is 23.3. The van der Waals surface area contributed by atoms with Crippen LogP contribution in [-0.4, -0.2) is 31.5 Å². The number of aromatic hydroxyl groups is 1. The molecule has 1 heterocycles. The number of aromatic nitrogens is 3. The summed E-state index contributed by atoms with van der Waals surface area (Å²) in [5.74, 6) is 0.433. The van der Waals surface area contributed by atoms with Crippen LogP contribution in [0.15, 0.2) is 82.4 Å². The number of nitrogens with one attached hydrogen (secondary N) is 1. The van der Waals surface area contributed by atoms with Crippen molar-refractivity contribution in [1.29, 1.82) is 5.26 Å². The van der Waals surface area contributed by atoms with E-state index in [-0.39, 0.29) is 17.4 Å². The van der Waals surface area contributed by atoms with Gasteiger partial charge >= 0.3 is 0 Å². The van der Waals surface area contributed by atoms with E-state index in [0.29, 0.717) is 27.8 Å². The third kappa shape index (κ3) is 4.82. The standard InChI is InChI=1S/C23H16BrN5O2S/c24-16-8-11-20(30)19(12-16)22-27-28-23(29(22)18-4-2-1-3-5-18)32-14-21(31)26-17-9-6-15(13-25)7-10-17/h1-12,30H,14H2,(H,26,31). The van der Waals surface area contributed by atoms with E-state index >= 15 is 0 Å². The molecule has 3 aromatic carbocycles. The summed E-state index contributed by atoms with van der Waals surface area (Å²) in [7, 11) is 0. The lowest BCUT2D eigenvalue weighted by molar-refractivity contribution is -0.113. The molecule has 7 nitrogen and oxygen atoms in total. The molecule has 2 N–H and O–H groups in total. The second-order valence-corrected chi connectivity index (χ2v) is 8.52. The van der Waals surface area contributed by atoms with Crippen LogP contribution < -0.4 is 5.32 Å². The molecule has 1 amide bonds. The highest BCUT2D eigenvalue weighted by molar-refractivity contribution is 9.10. The van der Waals surface area contributed by atoms with Gasteiger partial charge in [0.1, 0.15) is 5.75 Å². The number of rotatable bonds is 6. The molecular weight excluding hydrogens is 490 g/mol. The first-order valence-corrected chi connectivity index (χ1v) is 11.3. The molecule has 0 saturated heterocycles. The summed E-state index contributed by atoms with van der Waals surface area (Å²) in [6.45, 7) is 0. The fourth-order valence-electron chi connectivity index (χ4n) is 2.99. The van der Waals surface area contributed by atoms with Crippen LogP contribution in [0.1, 0.15) is 5.56 Å². The fourth-order valence-corrected chi connectivity index (χ4v) is 4.10. The van der Waals surface area contributed by atoms with Gasteiger partial charge in [0.25, 0.3) is 0 Å². The van der Waals surface area contributed by atoms with Gasteiger partial charge in [0, 0.05) is 15.8 Å². The summed E-state index contributed by atoms with van der Waals surface area (Å²) in [5, 5.41) is 31.2. The van der Waals surface area contributed by atoms with Crippen LogP contribution in [0.5, 0.6) is 5.75 Å². The average Bonchev–Trinajstić information content (AvgIpc) is 3.24. The van der Waals surface area contributed by atoms with Gasteiger partial charge in [-0.15, -0.1) is 10.2 Å². The molecule has 0 saturated carbocycles. The van der Waals surface area contributed by atoms with Crippen LogP contribution in [0, 0.1) is 11.3 Å². The Hall–Kier alpha value is -3.61. The van der Waals surface area contributed by atoms with E-state index in [1.807, 2.05) is 36.4 Å². The highest BCUT2D eigenvalue weighted by atomic mass is 79.9. The lowest BCUT2D eigenvalue weighted by Gasteiger charge is -2.11. The van der Waals surface area contributed by atoms with Gasteiger partial charge < -0.3 is 10.4 Å². The molecule has 0 unspecified atom stereocenters. The molecule has 0 fully saturated rings. The molecule has 0 aliphatic heterocycles. The first-order chi connectivity index (χ1) is 15.5. The maximum atomic E-state index is 12.5. The highest BCUT2D eigenvalue weighted by Gasteiger charge is 2.19. The number of benzene rings is 3. The van der Waals surface area contributed by atoms with Crippen molar-refractivity contribution in [2.75, 3.05) is 11.1 Å². The SMILES string of the molecule is N#Cc1ccc(NC(=O)CSc2nnc(-c3cc(Br)ccc3O)n2-c2ccccc2)cc1. The number of para-hydroxylation sites is 1. The van der Waals surface area contributed by atoms with Gasteiger partial charge in [-0.05, 0) is 54.6 Å². The van der Waals surface area contributed by atoms with Crippen LogP contribution in [0.25, 0.3) is 17.1 Å². The molecule has 0 radical (unpaired) electrons. The maximum absolute atomic E-state index is 12.5. The van der Waals surface area contributed by atoms with E-state index in [9.17, 15) is 9.90 Å². The number of thioether (sulfide) groups is 1. The van der Waals surface area contributed by atoms with Crippen molar-refractivity contribution in [3.8, 4) is 28.9 Å². The zero-order chi connectivity index (χ0) is 22.5. The number of nitrogens with zero attached hydrogens (tertiary/aromatic N) is 4. The van der Waals surface area contributed by atoms with Crippen LogP contribution in [0.3, 0.4) is 0 Å². The molecule has 4 rings (SSSR count). The van der Waals surface area contributed by atoms with Crippen molar-refractivity contribution >= 4 is 39.3 Å². The second kappa shape index (κ2) is 9.68. The summed E-state index contributed by atoms with van der Waals surface area (Å²) < 4.78 is 2.60. The monoisotopic (exact) mass is 505 g/mol. The lowest BCUT2D eigenvalue weighted by Crippen LogP contribution is -2.14. The molecular formula is C23H16BrN5O2S. The van der Waals surface area contributed by atoms with Gasteiger partial charge in [0.15, 0.2) is 11.0 Å². The van der Waals surface area contributed by atoms with E-state index in [2.05, 4.69) is 31.4 Å². The van der Waals surface area contributed by atoms with E-state index in [4.69, 9.17) is 5.26 Å². The number of carbonyl (C=O) groups is 1. The summed E-state index contributed by atoms with van der Waals surface area (Å²) in [5.41, 5.74) is 2.46. The maximum Gasteiger partial charge on any atom is 0.234 e. The molecule has 158 valence electrons. The highest BCUT2D eigenvalue weighted by Crippen LogP contribution is 2.34. The van der Waals surface area contributed by atoms with E-state index in [0.717, 1.165) is 10.2 Å². The number of phenols is 1. The Kier molecular flexibility index (Phi) is 6.54. The molecule has 9 heteroatoms. The lowest BCUT2D eigenvalue weighted by atomic mass is 10.2.